The average Bonchev–Trinajstić information content (AvgIpc) is 2.67. The average molecular weight is 448 g/mol. The second-order valence-electron chi connectivity index (χ2n) is 5.72. The van der Waals surface area contributed by atoms with Gasteiger partial charge in [0, 0.05) is 12.1 Å². The Balaban J connectivity index is 2.44. The Morgan fingerprint density at radius 2 is 1.73 bits per heavy atom. The van der Waals surface area contributed by atoms with Gasteiger partial charge in [-0.05, 0) is 31.2 Å². The highest BCUT2D eigenvalue weighted by atomic mass is 35.5. The normalized spacial score (nSPS) is 12.1. The molecule has 2 rings (SSSR count). The molecule has 2 aromatic carbocycles. The Morgan fingerprint density at radius 3 is 2.23 bits per heavy atom. The molecule has 1 unspecified atom stereocenters. The fraction of sp³-hybridized carbons (Fsp3) is 0.222. The van der Waals surface area contributed by atoms with Crippen LogP contribution in [0.4, 0.5) is 18.9 Å². The lowest BCUT2D eigenvalue weighted by Crippen LogP contribution is -2.27. The number of esters is 2. The lowest BCUT2D eigenvalue weighted by atomic mass is 10.1. The summed E-state index contributed by atoms with van der Waals surface area (Å²) >= 11 is 5.99. The number of carbonyl (C=O) groups excluding carboxylic acids is 2. The summed E-state index contributed by atoms with van der Waals surface area (Å²) in [6, 6.07) is 6.06. The zero-order chi connectivity index (χ0) is 22.6. The number of non-ortho nitro benzene ring substituents is 1. The molecule has 12 heteroatoms. The van der Waals surface area contributed by atoms with Crippen molar-refractivity contribution in [3.8, 4) is 11.5 Å². The first-order chi connectivity index (χ1) is 14.0. The molecule has 0 saturated carbocycles. The molecule has 0 heterocycles. The Morgan fingerprint density at radius 1 is 1.13 bits per heavy atom. The van der Waals surface area contributed by atoms with Crippen molar-refractivity contribution in [2.24, 2.45) is 0 Å². The van der Waals surface area contributed by atoms with Gasteiger partial charge < -0.3 is 14.2 Å². The van der Waals surface area contributed by atoms with E-state index >= 15 is 0 Å². The topological polar surface area (TPSA) is 105 Å². The molecular weight excluding hydrogens is 435 g/mol. The summed E-state index contributed by atoms with van der Waals surface area (Å²) in [5, 5.41) is 9.97. The lowest BCUT2D eigenvalue weighted by Gasteiger charge is -2.18. The number of carbonyl (C=O) groups is 2. The fourth-order valence-electron chi connectivity index (χ4n) is 2.27. The van der Waals surface area contributed by atoms with E-state index in [1.54, 1.807) is 0 Å². The Hall–Kier alpha value is -3.34. The van der Waals surface area contributed by atoms with Gasteiger partial charge >= 0.3 is 18.1 Å². The molecule has 0 bridgehead atoms. The van der Waals surface area contributed by atoms with Crippen molar-refractivity contribution in [2.75, 3.05) is 7.11 Å². The zero-order valence-electron chi connectivity index (χ0n) is 15.4. The predicted molar refractivity (Wildman–Crippen MR) is 96.5 cm³/mol. The zero-order valence-corrected chi connectivity index (χ0v) is 16.1. The standard InChI is InChI=1S/C18H13ClF3NO7/c1-9(16(24)28-2)29-17(25)14-12(18(20,21)22)7-8-13(15(14)19)30-11-5-3-10(4-6-11)23(26)27/h3-9H,1-2H3. The van der Waals surface area contributed by atoms with Gasteiger partial charge in [-0.1, -0.05) is 11.6 Å². The van der Waals surface area contributed by atoms with Crippen molar-refractivity contribution in [3.63, 3.8) is 0 Å². The van der Waals surface area contributed by atoms with Crippen LogP contribution in [0.15, 0.2) is 36.4 Å². The van der Waals surface area contributed by atoms with Crippen molar-refractivity contribution in [2.45, 2.75) is 19.2 Å². The number of hydrogen-bond donors (Lipinski definition) is 0. The van der Waals surface area contributed by atoms with Crippen LogP contribution in [0.1, 0.15) is 22.8 Å². The molecule has 0 aromatic heterocycles. The molecule has 0 spiro atoms. The first kappa shape index (κ1) is 22.9. The number of hydrogen-bond acceptors (Lipinski definition) is 7. The second-order valence-corrected chi connectivity index (χ2v) is 6.10. The van der Waals surface area contributed by atoms with Crippen LogP contribution < -0.4 is 4.74 Å². The third-order valence-corrected chi connectivity index (χ3v) is 4.08. The number of alkyl halides is 3. The molecular formula is C18H13ClF3NO7. The highest BCUT2D eigenvalue weighted by Crippen LogP contribution is 2.41. The number of rotatable bonds is 6. The van der Waals surface area contributed by atoms with E-state index in [-0.39, 0.29) is 17.2 Å². The molecule has 160 valence electrons. The van der Waals surface area contributed by atoms with Crippen LogP contribution in [0.25, 0.3) is 0 Å². The van der Waals surface area contributed by atoms with E-state index < -0.39 is 45.3 Å². The van der Waals surface area contributed by atoms with Crippen molar-refractivity contribution >= 4 is 29.2 Å². The largest absolute Gasteiger partial charge is 0.466 e. The first-order valence-electron chi connectivity index (χ1n) is 8.06. The molecule has 1 atom stereocenters. The summed E-state index contributed by atoms with van der Waals surface area (Å²) in [4.78, 5) is 33.8. The summed E-state index contributed by atoms with van der Waals surface area (Å²) in [6.45, 7) is 1.11. The quantitative estimate of drug-likeness (QED) is 0.356. The number of halogens is 4. The number of nitrogens with zero attached hydrogens (tertiary/aromatic N) is 1. The highest BCUT2D eigenvalue weighted by molar-refractivity contribution is 6.35. The van der Waals surface area contributed by atoms with Crippen molar-refractivity contribution in [3.05, 3.63) is 62.7 Å². The minimum absolute atomic E-state index is 0.0181. The van der Waals surface area contributed by atoms with E-state index in [4.69, 9.17) is 21.1 Å². The van der Waals surface area contributed by atoms with Crippen LogP contribution in [0.3, 0.4) is 0 Å². The Kier molecular flexibility index (Phi) is 6.88. The highest BCUT2D eigenvalue weighted by Gasteiger charge is 2.39. The van der Waals surface area contributed by atoms with E-state index in [1.807, 2.05) is 0 Å². The summed E-state index contributed by atoms with van der Waals surface area (Å²) in [5.41, 5.74) is -2.69. The van der Waals surface area contributed by atoms with Crippen LogP contribution in [-0.4, -0.2) is 30.1 Å². The van der Waals surface area contributed by atoms with Gasteiger partial charge in [0.2, 0.25) is 0 Å². The second kappa shape index (κ2) is 8.99. The van der Waals surface area contributed by atoms with Crippen molar-refractivity contribution in [1.82, 2.24) is 0 Å². The number of nitro groups is 1. The van der Waals surface area contributed by atoms with Crippen LogP contribution in [-0.2, 0) is 20.4 Å². The van der Waals surface area contributed by atoms with Gasteiger partial charge in [0.15, 0.2) is 6.10 Å². The molecule has 0 radical (unpaired) electrons. The van der Waals surface area contributed by atoms with Crippen molar-refractivity contribution in [1.29, 1.82) is 0 Å². The van der Waals surface area contributed by atoms with E-state index in [1.165, 1.54) is 12.1 Å². The fourth-order valence-corrected chi connectivity index (χ4v) is 2.55. The molecule has 0 aliphatic rings. The van der Waals surface area contributed by atoms with E-state index in [2.05, 4.69) is 4.74 Å². The monoisotopic (exact) mass is 447 g/mol. The van der Waals surface area contributed by atoms with E-state index in [0.29, 0.717) is 6.07 Å². The Labute approximate surface area is 172 Å². The molecule has 0 amide bonds. The number of nitro benzene ring substituents is 1. The van der Waals surface area contributed by atoms with Crippen molar-refractivity contribution < 1.29 is 41.9 Å². The summed E-state index contributed by atoms with van der Waals surface area (Å²) < 4.78 is 54.5. The van der Waals surface area contributed by atoms with Crippen LogP contribution in [0.2, 0.25) is 5.02 Å². The third-order valence-electron chi connectivity index (χ3n) is 3.71. The predicted octanol–water partition coefficient (Wildman–Crippen LogP) is 4.78. The maximum atomic E-state index is 13.4. The van der Waals surface area contributed by atoms with E-state index in [0.717, 1.165) is 32.2 Å². The summed E-state index contributed by atoms with van der Waals surface area (Å²) in [6.07, 6.45) is -6.45. The molecule has 8 nitrogen and oxygen atoms in total. The van der Waals surface area contributed by atoms with Crippen LogP contribution in [0, 0.1) is 10.1 Å². The van der Waals surface area contributed by atoms with Gasteiger partial charge in [0.25, 0.3) is 5.69 Å². The number of methoxy groups -OCH3 is 1. The van der Waals surface area contributed by atoms with E-state index in [9.17, 15) is 32.9 Å². The molecule has 2 aromatic rings. The number of ether oxygens (including phenoxy) is 3. The molecule has 0 N–H and O–H groups in total. The molecule has 30 heavy (non-hydrogen) atoms. The van der Waals surface area contributed by atoms with Gasteiger partial charge in [-0.15, -0.1) is 0 Å². The molecule has 0 aliphatic carbocycles. The molecule has 0 fully saturated rings. The van der Waals surface area contributed by atoms with Gasteiger partial charge in [-0.2, -0.15) is 13.2 Å². The summed E-state index contributed by atoms with van der Waals surface area (Å²) in [7, 11) is 1.01. The third kappa shape index (κ3) is 5.17. The molecule has 0 saturated heterocycles. The minimum atomic E-state index is -4.96. The van der Waals surface area contributed by atoms with Gasteiger partial charge in [-0.25, -0.2) is 9.59 Å². The maximum absolute atomic E-state index is 13.4. The Bertz CT molecular complexity index is 977. The number of benzene rings is 2. The lowest BCUT2D eigenvalue weighted by molar-refractivity contribution is -0.384. The smallest absolute Gasteiger partial charge is 0.417 e. The van der Waals surface area contributed by atoms with Gasteiger partial charge in [0.05, 0.1) is 28.2 Å². The maximum Gasteiger partial charge on any atom is 0.417 e. The summed E-state index contributed by atoms with van der Waals surface area (Å²) in [5.74, 6) is -2.81. The van der Waals surface area contributed by atoms with Crippen LogP contribution >= 0.6 is 11.6 Å². The van der Waals surface area contributed by atoms with Crippen LogP contribution in [0.5, 0.6) is 11.5 Å². The first-order valence-corrected chi connectivity index (χ1v) is 8.44. The SMILES string of the molecule is COC(=O)C(C)OC(=O)c1c(C(F)(F)F)ccc(Oc2ccc([N+](=O)[O-])cc2)c1Cl. The van der Waals surface area contributed by atoms with Gasteiger partial charge in [0.1, 0.15) is 11.5 Å². The minimum Gasteiger partial charge on any atom is -0.466 e. The molecule has 0 aliphatic heterocycles. The van der Waals surface area contributed by atoms with Gasteiger partial charge in [-0.3, -0.25) is 10.1 Å².